The fourth-order valence-corrected chi connectivity index (χ4v) is 3.54. The molecule has 0 amide bonds. The van der Waals surface area contributed by atoms with Crippen LogP contribution in [0.4, 0.5) is 0 Å². The van der Waals surface area contributed by atoms with Crippen molar-refractivity contribution < 1.29 is 38.1 Å². The number of ketones is 1. The smallest absolute Gasteiger partial charge is 0.340 e. The molecule has 0 spiro atoms. The van der Waals surface area contributed by atoms with Gasteiger partial charge in [0.2, 0.25) is 11.5 Å². The summed E-state index contributed by atoms with van der Waals surface area (Å²) in [7, 11) is 4.54. The second-order valence-electron chi connectivity index (χ2n) is 7.38. The van der Waals surface area contributed by atoms with Crippen molar-refractivity contribution in [2.75, 3.05) is 27.9 Å². The van der Waals surface area contributed by atoms with Gasteiger partial charge in [-0.2, -0.15) is 0 Å². The standard InChI is InChI=1S/C24H31NO8/c1-8-32-24(28)20-13(2)21(25-14(20)3)22(27)15(4)33-19(26)10-9-16-11-17(29-5)23(31-7)18(12-16)30-6/h11-12,15,25H,8-10H2,1-7H3. The maximum Gasteiger partial charge on any atom is 0.340 e. The van der Waals surface area contributed by atoms with Crippen molar-refractivity contribution in [1.29, 1.82) is 0 Å². The summed E-state index contributed by atoms with van der Waals surface area (Å²) in [5.41, 5.74) is 2.32. The number of ether oxygens (including phenoxy) is 5. The second kappa shape index (κ2) is 11.4. The van der Waals surface area contributed by atoms with Crippen molar-refractivity contribution in [2.45, 2.75) is 46.6 Å². The first-order chi connectivity index (χ1) is 15.7. The maximum absolute atomic E-state index is 12.9. The Morgan fingerprint density at radius 2 is 1.61 bits per heavy atom. The van der Waals surface area contributed by atoms with Crippen LogP contribution in [0.2, 0.25) is 0 Å². The molecule has 1 unspecified atom stereocenters. The molecule has 2 aromatic rings. The minimum absolute atomic E-state index is 0.0487. The van der Waals surface area contributed by atoms with Crippen LogP contribution in [0.3, 0.4) is 0 Å². The molecule has 0 bridgehead atoms. The number of H-pyrrole nitrogens is 1. The molecule has 9 heteroatoms. The van der Waals surface area contributed by atoms with Gasteiger partial charge in [-0.3, -0.25) is 9.59 Å². The van der Waals surface area contributed by atoms with E-state index in [1.54, 1.807) is 32.9 Å². The highest BCUT2D eigenvalue weighted by Gasteiger charge is 2.27. The first kappa shape index (κ1) is 25.8. The molecular formula is C24H31NO8. The molecule has 1 heterocycles. The van der Waals surface area contributed by atoms with Gasteiger partial charge in [-0.15, -0.1) is 0 Å². The maximum atomic E-state index is 12.9. The van der Waals surface area contributed by atoms with Crippen molar-refractivity contribution >= 4 is 17.7 Å². The van der Waals surface area contributed by atoms with Crippen LogP contribution in [0.5, 0.6) is 17.2 Å². The third-order valence-corrected chi connectivity index (χ3v) is 5.18. The zero-order chi connectivity index (χ0) is 24.7. The highest BCUT2D eigenvalue weighted by molar-refractivity contribution is 6.04. The Morgan fingerprint density at radius 1 is 1.00 bits per heavy atom. The number of carbonyl (C=O) groups is 3. The summed E-state index contributed by atoms with van der Waals surface area (Å²) in [6.45, 7) is 6.78. The number of Topliss-reactive ketones (excluding diaryl/α,β-unsaturated/α-hetero) is 1. The first-order valence-corrected chi connectivity index (χ1v) is 10.6. The summed E-state index contributed by atoms with van der Waals surface area (Å²) in [4.78, 5) is 40.3. The van der Waals surface area contributed by atoms with Crippen molar-refractivity contribution in [1.82, 2.24) is 4.98 Å². The number of nitrogens with one attached hydrogen (secondary N) is 1. The normalized spacial score (nSPS) is 11.5. The minimum atomic E-state index is -1.02. The van der Waals surface area contributed by atoms with Gasteiger partial charge in [-0.25, -0.2) is 4.79 Å². The number of aryl methyl sites for hydroxylation is 2. The van der Waals surface area contributed by atoms with Crippen LogP contribution in [-0.2, 0) is 20.7 Å². The fourth-order valence-electron chi connectivity index (χ4n) is 3.54. The molecule has 180 valence electrons. The van der Waals surface area contributed by atoms with Crippen molar-refractivity contribution in [3.8, 4) is 17.2 Å². The number of aromatic amines is 1. The van der Waals surface area contributed by atoms with Gasteiger partial charge in [0.15, 0.2) is 17.6 Å². The summed E-state index contributed by atoms with van der Waals surface area (Å²) in [5, 5.41) is 0. The third-order valence-electron chi connectivity index (χ3n) is 5.18. The predicted octanol–water partition coefficient (Wildman–Crippen LogP) is 3.58. The lowest BCUT2D eigenvalue weighted by atomic mass is 10.1. The molecule has 0 saturated carbocycles. The zero-order valence-corrected chi connectivity index (χ0v) is 20.1. The molecule has 9 nitrogen and oxygen atoms in total. The molecule has 2 rings (SSSR count). The predicted molar refractivity (Wildman–Crippen MR) is 121 cm³/mol. The van der Waals surface area contributed by atoms with E-state index in [9.17, 15) is 14.4 Å². The Bertz CT molecular complexity index is 999. The lowest BCUT2D eigenvalue weighted by Gasteiger charge is -2.15. The quantitative estimate of drug-likeness (QED) is 0.399. The molecule has 1 N–H and O–H groups in total. The van der Waals surface area contributed by atoms with E-state index < -0.39 is 23.8 Å². The van der Waals surface area contributed by atoms with Gasteiger partial charge < -0.3 is 28.7 Å². The number of hydrogen-bond donors (Lipinski definition) is 1. The molecule has 0 fully saturated rings. The lowest BCUT2D eigenvalue weighted by Crippen LogP contribution is -2.25. The second-order valence-corrected chi connectivity index (χ2v) is 7.38. The van der Waals surface area contributed by atoms with Crippen LogP contribution in [0.1, 0.15) is 57.9 Å². The Morgan fingerprint density at radius 3 is 2.12 bits per heavy atom. The number of aromatic nitrogens is 1. The molecule has 1 aromatic carbocycles. The number of benzene rings is 1. The van der Waals surface area contributed by atoms with Gasteiger partial charge in [0.1, 0.15) is 0 Å². The summed E-state index contributed by atoms with van der Waals surface area (Å²) < 4.78 is 26.3. The van der Waals surface area contributed by atoms with Gasteiger partial charge in [-0.05, 0) is 57.4 Å². The van der Waals surface area contributed by atoms with E-state index in [-0.39, 0.29) is 18.7 Å². The van der Waals surface area contributed by atoms with Crippen molar-refractivity contribution in [3.63, 3.8) is 0 Å². The van der Waals surface area contributed by atoms with E-state index in [0.717, 1.165) is 5.56 Å². The number of rotatable bonds is 11. The van der Waals surface area contributed by atoms with Crippen LogP contribution in [0, 0.1) is 13.8 Å². The first-order valence-electron chi connectivity index (χ1n) is 10.6. The largest absolute Gasteiger partial charge is 0.493 e. The monoisotopic (exact) mass is 461 g/mol. The number of hydrogen-bond acceptors (Lipinski definition) is 8. The molecule has 0 aliphatic rings. The Labute approximate surface area is 193 Å². The lowest BCUT2D eigenvalue weighted by molar-refractivity contribution is -0.146. The van der Waals surface area contributed by atoms with E-state index in [1.165, 1.54) is 28.3 Å². The summed E-state index contributed by atoms with van der Waals surface area (Å²) in [6.07, 6.45) is -0.624. The topological polar surface area (TPSA) is 113 Å². The molecule has 0 aliphatic heterocycles. The number of carbonyl (C=O) groups excluding carboxylic acids is 3. The molecular weight excluding hydrogens is 430 g/mol. The van der Waals surface area contributed by atoms with Gasteiger partial charge in [0, 0.05) is 12.1 Å². The Hall–Kier alpha value is -3.49. The van der Waals surface area contributed by atoms with Crippen LogP contribution in [-0.4, -0.2) is 56.7 Å². The summed E-state index contributed by atoms with van der Waals surface area (Å²) in [6, 6.07) is 3.51. The Kier molecular flexibility index (Phi) is 8.90. The summed E-state index contributed by atoms with van der Waals surface area (Å²) >= 11 is 0. The number of methoxy groups -OCH3 is 3. The minimum Gasteiger partial charge on any atom is -0.493 e. The summed E-state index contributed by atoms with van der Waals surface area (Å²) in [5.74, 6) is -0.0249. The highest BCUT2D eigenvalue weighted by Crippen LogP contribution is 2.38. The van der Waals surface area contributed by atoms with Crippen molar-refractivity contribution in [3.05, 3.63) is 40.2 Å². The molecule has 1 atom stereocenters. The van der Waals surface area contributed by atoms with E-state index in [0.29, 0.717) is 40.5 Å². The molecule has 0 saturated heterocycles. The van der Waals surface area contributed by atoms with Gasteiger partial charge in [0.05, 0.1) is 39.2 Å². The van der Waals surface area contributed by atoms with Crippen LogP contribution < -0.4 is 14.2 Å². The number of esters is 2. The van der Waals surface area contributed by atoms with E-state index in [4.69, 9.17) is 23.7 Å². The average Bonchev–Trinajstić information content (AvgIpc) is 3.09. The van der Waals surface area contributed by atoms with E-state index >= 15 is 0 Å². The third kappa shape index (κ3) is 5.85. The van der Waals surface area contributed by atoms with Crippen LogP contribution >= 0.6 is 0 Å². The van der Waals surface area contributed by atoms with Crippen LogP contribution in [0.25, 0.3) is 0 Å². The highest BCUT2D eigenvalue weighted by atomic mass is 16.5. The molecule has 0 aliphatic carbocycles. The zero-order valence-electron chi connectivity index (χ0n) is 20.1. The Balaban J connectivity index is 2.06. The average molecular weight is 462 g/mol. The SMILES string of the molecule is CCOC(=O)c1c(C)[nH]c(C(=O)C(C)OC(=O)CCc2cc(OC)c(OC)c(OC)c2)c1C. The van der Waals surface area contributed by atoms with Gasteiger partial charge in [-0.1, -0.05) is 0 Å². The molecule has 1 aromatic heterocycles. The molecule has 0 radical (unpaired) electrons. The van der Waals surface area contributed by atoms with Gasteiger partial charge >= 0.3 is 11.9 Å². The fraction of sp³-hybridized carbons (Fsp3) is 0.458. The van der Waals surface area contributed by atoms with Crippen LogP contribution in [0.15, 0.2) is 12.1 Å². The van der Waals surface area contributed by atoms with E-state index in [2.05, 4.69) is 4.98 Å². The van der Waals surface area contributed by atoms with E-state index in [1.807, 2.05) is 0 Å². The van der Waals surface area contributed by atoms with Crippen molar-refractivity contribution in [2.24, 2.45) is 0 Å². The van der Waals surface area contributed by atoms with Gasteiger partial charge in [0.25, 0.3) is 0 Å². The molecule has 33 heavy (non-hydrogen) atoms.